The van der Waals surface area contributed by atoms with E-state index in [4.69, 9.17) is 20.3 Å². The van der Waals surface area contributed by atoms with Crippen molar-refractivity contribution in [2.75, 3.05) is 5.73 Å². The summed E-state index contributed by atoms with van der Waals surface area (Å²) >= 11 is 0. The Balaban J connectivity index is 1.40. The van der Waals surface area contributed by atoms with Crippen LogP contribution in [0.15, 0.2) is 28.9 Å². The summed E-state index contributed by atoms with van der Waals surface area (Å²) in [6.45, 7) is 9.66. The molecule has 8 nitrogen and oxygen atoms in total. The van der Waals surface area contributed by atoms with Crippen LogP contribution in [0, 0.1) is 19.3 Å². The molecule has 3 heterocycles. The lowest BCUT2D eigenvalue weighted by Gasteiger charge is -2.29. The Hall–Kier alpha value is -3.42. The van der Waals surface area contributed by atoms with Crippen LogP contribution >= 0.6 is 0 Å². The highest BCUT2D eigenvalue weighted by atomic mass is 16.5. The van der Waals surface area contributed by atoms with E-state index in [1.165, 1.54) is 27.9 Å². The Kier molecular flexibility index (Phi) is 5.11. The second-order valence-electron chi connectivity index (χ2n) is 10.0. The van der Waals surface area contributed by atoms with Crippen LogP contribution in [0.1, 0.15) is 48.2 Å². The number of hydrogen-bond donors (Lipinski definition) is 1. The van der Waals surface area contributed by atoms with Gasteiger partial charge in [0.15, 0.2) is 5.69 Å². The average Bonchev–Trinajstić information content (AvgIpc) is 3.46. The Labute approximate surface area is 193 Å². The molecule has 0 unspecified atom stereocenters. The number of rotatable bonds is 5. The van der Waals surface area contributed by atoms with Gasteiger partial charge in [-0.1, -0.05) is 19.0 Å². The van der Waals surface area contributed by atoms with Crippen LogP contribution in [0.5, 0.6) is 0 Å². The third-order valence-electron chi connectivity index (χ3n) is 6.81. The summed E-state index contributed by atoms with van der Waals surface area (Å²) in [5.41, 5.74) is 14.0. The zero-order valence-electron chi connectivity index (χ0n) is 20.0. The number of nitrogens with zero attached hydrogens (tertiary/aromatic N) is 6. The highest BCUT2D eigenvalue weighted by molar-refractivity contribution is 5.63. The molecule has 33 heavy (non-hydrogen) atoms. The second-order valence-corrected chi connectivity index (χ2v) is 10.0. The van der Waals surface area contributed by atoms with Gasteiger partial charge in [-0.3, -0.25) is 9.36 Å². The molecule has 0 saturated carbocycles. The maximum atomic E-state index is 5.73. The van der Waals surface area contributed by atoms with Crippen molar-refractivity contribution in [1.82, 2.24) is 29.7 Å². The van der Waals surface area contributed by atoms with Crippen molar-refractivity contribution in [3.05, 3.63) is 52.3 Å². The third kappa shape index (κ3) is 4.05. The van der Waals surface area contributed by atoms with Gasteiger partial charge in [0, 0.05) is 36.6 Å². The predicted molar refractivity (Wildman–Crippen MR) is 128 cm³/mol. The van der Waals surface area contributed by atoms with Gasteiger partial charge >= 0.3 is 0 Å². The van der Waals surface area contributed by atoms with E-state index in [1.54, 1.807) is 0 Å². The first-order chi connectivity index (χ1) is 15.7. The predicted octanol–water partition coefficient (Wildman–Crippen LogP) is 4.29. The van der Waals surface area contributed by atoms with Gasteiger partial charge in [-0.15, -0.1) is 0 Å². The highest BCUT2D eigenvalue weighted by Gasteiger charge is 2.32. The van der Waals surface area contributed by atoms with Crippen molar-refractivity contribution in [3.8, 4) is 23.0 Å². The molecule has 0 saturated heterocycles. The van der Waals surface area contributed by atoms with Crippen molar-refractivity contribution in [1.29, 1.82) is 0 Å². The Morgan fingerprint density at radius 2 is 1.91 bits per heavy atom. The van der Waals surface area contributed by atoms with Crippen molar-refractivity contribution >= 4 is 5.82 Å². The topological polar surface area (TPSA) is 101 Å². The molecule has 0 amide bonds. The van der Waals surface area contributed by atoms with E-state index < -0.39 is 0 Å². The molecule has 5 rings (SSSR count). The lowest BCUT2D eigenvalue weighted by atomic mass is 9.76. The number of anilines is 1. The summed E-state index contributed by atoms with van der Waals surface area (Å²) in [7, 11) is 2.00. The van der Waals surface area contributed by atoms with Crippen molar-refractivity contribution in [2.45, 2.75) is 59.9 Å². The smallest absolute Gasteiger partial charge is 0.279 e. The molecule has 172 valence electrons. The first-order valence-electron chi connectivity index (χ1n) is 11.5. The number of benzene rings is 1. The summed E-state index contributed by atoms with van der Waals surface area (Å²) in [6.07, 6.45) is 5.92. The number of hydrogen-bond acceptors (Lipinski definition) is 6. The minimum atomic E-state index is 0.291. The Bertz CT molecular complexity index is 1300. The molecular formula is C25H31N7O. The molecule has 1 aliphatic rings. The minimum Gasteiger partial charge on any atom is -0.382 e. The van der Waals surface area contributed by atoms with Gasteiger partial charge in [0.05, 0.1) is 0 Å². The largest absolute Gasteiger partial charge is 0.382 e. The lowest BCUT2D eigenvalue weighted by molar-refractivity contribution is 0.306. The number of aryl methyl sites for hydroxylation is 4. The highest BCUT2D eigenvalue weighted by Crippen LogP contribution is 2.38. The monoisotopic (exact) mass is 445 g/mol. The van der Waals surface area contributed by atoms with E-state index in [0.717, 1.165) is 43.5 Å². The van der Waals surface area contributed by atoms with Gasteiger partial charge in [-0.25, -0.2) is 0 Å². The molecule has 1 aromatic carbocycles. The van der Waals surface area contributed by atoms with E-state index in [9.17, 15) is 0 Å². The van der Waals surface area contributed by atoms with Crippen LogP contribution in [-0.2, 0) is 32.9 Å². The first-order valence-corrected chi connectivity index (χ1v) is 11.5. The van der Waals surface area contributed by atoms with Crippen LogP contribution in [0.25, 0.3) is 23.0 Å². The fourth-order valence-electron chi connectivity index (χ4n) is 4.95. The zero-order chi connectivity index (χ0) is 23.3. The number of nitrogens with two attached hydrogens (primary N) is 1. The molecule has 8 heteroatoms. The van der Waals surface area contributed by atoms with Gasteiger partial charge in [-0.05, 0) is 79.8 Å². The van der Waals surface area contributed by atoms with Crippen molar-refractivity contribution < 1.29 is 4.52 Å². The summed E-state index contributed by atoms with van der Waals surface area (Å²) < 4.78 is 9.55. The Morgan fingerprint density at radius 1 is 1.15 bits per heavy atom. The lowest BCUT2D eigenvalue weighted by Crippen LogP contribution is -2.23. The first kappa shape index (κ1) is 21.4. The van der Waals surface area contributed by atoms with Gasteiger partial charge in [0.2, 0.25) is 5.82 Å². The van der Waals surface area contributed by atoms with E-state index in [0.29, 0.717) is 22.9 Å². The van der Waals surface area contributed by atoms with E-state index in [-0.39, 0.29) is 0 Å². The molecule has 0 spiro atoms. The second kappa shape index (κ2) is 7.86. The van der Waals surface area contributed by atoms with Crippen molar-refractivity contribution in [3.63, 3.8) is 0 Å². The SMILES string of the molecule is Cc1cc(-c2noc(-c3nn(C)c4c3CCC(C)(C)C4)n2)cc(C)c1CCn1ccc(N)n1. The zero-order valence-corrected chi connectivity index (χ0v) is 20.0. The number of nitrogen functional groups attached to an aromatic ring is 1. The summed E-state index contributed by atoms with van der Waals surface area (Å²) in [5.74, 6) is 1.64. The summed E-state index contributed by atoms with van der Waals surface area (Å²) in [5, 5.41) is 13.3. The summed E-state index contributed by atoms with van der Waals surface area (Å²) in [6, 6.07) is 6.08. The van der Waals surface area contributed by atoms with Crippen LogP contribution in [0.3, 0.4) is 0 Å². The van der Waals surface area contributed by atoms with Gasteiger partial charge in [-0.2, -0.15) is 15.2 Å². The minimum absolute atomic E-state index is 0.291. The maximum Gasteiger partial charge on any atom is 0.279 e. The number of aromatic nitrogens is 6. The van der Waals surface area contributed by atoms with E-state index in [1.807, 2.05) is 28.7 Å². The molecule has 2 N–H and O–H groups in total. The molecule has 0 fully saturated rings. The molecule has 3 aromatic heterocycles. The van der Waals surface area contributed by atoms with Crippen LogP contribution in [-0.4, -0.2) is 29.7 Å². The molecule has 1 aliphatic carbocycles. The Morgan fingerprint density at radius 3 is 2.61 bits per heavy atom. The quantitative estimate of drug-likeness (QED) is 0.492. The standard InChI is InChI=1S/C25H31N7O/c1-15-12-17(13-16(2)18(15)7-10-32-11-8-21(26)28-32)23-27-24(33-30-23)22-19-6-9-25(3,4)14-20(19)31(5)29-22/h8,11-13H,6-7,9-10,14H2,1-5H3,(H2,26,28). The average molecular weight is 446 g/mol. The summed E-state index contributed by atoms with van der Waals surface area (Å²) in [4.78, 5) is 4.74. The molecule has 0 aliphatic heterocycles. The van der Waals surface area contributed by atoms with E-state index >= 15 is 0 Å². The molecule has 4 aromatic rings. The van der Waals surface area contributed by atoms with Crippen molar-refractivity contribution in [2.24, 2.45) is 12.5 Å². The molecule has 0 bridgehead atoms. The maximum absolute atomic E-state index is 5.73. The van der Waals surface area contributed by atoms with Gasteiger partial charge < -0.3 is 10.3 Å². The van der Waals surface area contributed by atoms with E-state index in [2.05, 4.69) is 50.1 Å². The fraction of sp³-hybridized carbons (Fsp3) is 0.440. The van der Waals surface area contributed by atoms with Crippen LogP contribution in [0.2, 0.25) is 0 Å². The third-order valence-corrected chi connectivity index (χ3v) is 6.81. The molecular weight excluding hydrogens is 414 g/mol. The van der Waals surface area contributed by atoms with Gasteiger partial charge in [0.1, 0.15) is 5.82 Å². The molecule has 0 radical (unpaired) electrons. The fourth-order valence-corrected chi connectivity index (χ4v) is 4.95. The molecule has 0 atom stereocenters. The van der Waals surface area contributed by atoms with Gasteiger partial charge in [0.25, 0.3) is 5.89 Å². The van der Waals surface area contributed by atoms with Crippen LogP contribution in [0.4, 0.5) is 5.82 Å². The van der Waals surface area contributed by atoms with Crippen LogP contribution < -0.4 is 5.73 Å². The normalized spacial score (nSPS) is 15.1. The number of fused-ring (bicyclic) bond motifs is 1.